The molecule has 3 rings (SSSR count). The maximum absolute atomic E-state index is 2.54. The van der Waals surface area contributed by atoms with E-state index in [1.165, 1.54) is 81.9 Å². The number of nitrogens with zero attached hydrogens (tertiary/aromatic N) is 1. The van der Waals surface area contributed by atoms with Gasteiger partial charge in [-0.2, -0.15) is 0 Å². The van der Waals surface area contributed by atoms with Gasteiger partial charge in [-0.15, -0.1) is 0 Å². The molecule has 0 unspecified atom stereocenters. The summed E-state index contributed by atoms with van der Waals surface area (Å²) < 4.78 is 1.39. The molecule has 1 heterocycles. The zero-order valence-electron chi connectivity index (χ0n) is 14.4. The Morgan fingerprint density at radius 1 is 0.810 bits per heavy atom. The van der Waals surface area contributed by atoms with Gasteiger partial charge in [-0.25, -0.2) is 0 Å². The normalized spacial score (nSPS) is 40.1. The van der Waals surface area contributed by atoms with E-state index >= 15 is 0 Å². The fraction of sp³-hybridized carbons (Fsp3) is 0.900. The van der Waals surface area contributed by atoms with Crippen LogP contribution in [0.15, 0.2) is 12.2 Å². The molecule has 0 aromatic carbocycles. The molecule has 21 heavy (non-hydrogen) atoms. The molecule has 0 radical (unpaired) electrons. The Labute approximate surface area is 132 Å². The van der Waals surface area contributed by atoms with Crippen molar-refractivity contribution in [2.24, 2.45) is 23.7 Å². The fourth-order valence-corrected chi connectivity index (χ4v) is 5.47. The Bertz CT molecular complexity index is 339. The first-order valence-electron chi connectivity index (χ1n) is 9.74. The fourth-order valence-electron chi connectivity index (χ4n) is 5.47. The highest BCUT2D eigenvalue weighted by atomic mass is 15.4. The summed E-state index contributed by atoms with van der Waals surface area (Å²) in [4.78, 5) is 0. The highest BCUT2D eigenvalue weighted by Crippen LogP contribution is 2.52. The van der Waals surface area contributed by atoms with E-state index in [1.807, 2.05) is 0 Å². The van der Waals surface area contributed by atoms with Crippen molar-refractivity contribution in [1.29, 1.82) is 0 Å². The molecule has 3 aliphatic rings. The van der Waals surface area contributed by atoms with Crippen molar-refractivity contribution in [2.75, 3.05) is 26.7 Å². The van der Waals surface area contributed by atoms with Gasteiger partial charge in [0.15, 0.2) is 0 Å². The van der Waals surface area contributed by atoms with E-state index in [2.05, 4.69) is 26.1 Å². The molecule has 0 N–H and O–H groups in total. The molecule has 1 heteroatoms. The van der Waals surface area contributed by atoms with Gasteiger partial charge in [0.25, 0.3) is 0 Å². The van der Waals surface area contributed by atoms with Crippen LogP contribution in [0.5, 0.6) is 0 Å². The van der Waals surface area contributed by atoms with Crippen molar-refractivity contribution < 1.29 is 4.48 Å². The summed E-state index contributed by atoms with van der Waals surface area (Å²) in [6, 6.07) is 0. The van der Waals surface area contributed by atoms with Crippen LogP contribution in [0.1, 0.15) is 64.7 Å². The molecule has 1 nitrogen and oxygen atoms in total. The van der Waals surface area contributed by atoms with Gasteiger partial charge in [0.2, 0.25) is 0 Å². The second-order valence-corrected chi connectivity index (χ2v) is 8.46. The van der Waals surface area contributed by atoms with Crippen molar-refractivity contribution in [1.82, 2.24) is 0 Å². The third-order valence-electron chi connectivity index (χ3n) is 6.65. The third kappa shape index (κ3) is 3.55. The van der Waals surface area contributed by atoms with E-state index in [-0.39, 0.29) is 0 Å². The lowest BCUT2D eigenvalue weighted by molar-refractivity contribution is -0.901. The van der Waals surface area contributed by atoms with Gasteiger partial charge in [0.05, 0.1) is 26.7 Å². The van der Waals surface area contributed by atoms with Gasteiger partial charge in [-0.3, -0.25) is 0 Å². The Hall–Kier alpha value is -0.300. The summed E-state index contributed by atoms with van der Waals surface area (Å²) in [5, 5.41) is 0. The van der Waals surface area contributed by atoms with Gasteiger partial charge < -0.3 is 4.48 Å². The SMILES string of the molecule is CCCCCCCCCC[N+]1(C)C[C@@H]2[C@@H](C1)[C@H]1C=C[C@H]2C1. The number of unbranched alkanes of at least 4 members (excludes halogenated alkanes) is 7. The molecule has 0 aromatic heterocycles. The lowest BCUT2D eigenvalue weighted by Crippen LogP contribution is -2.43. The molecule has 120 valence electrons. The highest BCUT2D eigenvalue weighted by Gasteiger charge is 2.54. The van der Waals surface area contributed by atoms with Crippen LogP contribution in [0.2, 0.25) is 0 Å². The first-order valence-corrected chi connectivity index (χ1v) is 9.74. The number of quaternary nitrogens is 1. The van der Waals surface area contributed by atoms with Crippen LogP contribution >= 0.6 is 0 Å². The molecule has 0 aromatic rings. The molecule has 2 bridgehead atoms. The monoisotopic (exact) mass is 290 g/mol. The number of fused-ring (bicyclic) bond motifs is 5. The molecular weight excluding hydrogens is 254 g/mol. The second-order valence-electron chi connectivity index (χ2n) is 8.46. The zero-order chi connectivity index (χ0) is 14.7. The molecular formula is C20H36N+. The standard InChI is InChI=1S/C20H36N/c1-3-4-5-6-7-8-9-10-13-21(2)15-19-17-11-12-18(14-17)20(19)16-21/h11-12,17-20H,3-10,13-16H2,1-2H3/q+1/t17-,18-,19-,20-/m0/s1. The van der Waals surface area contributed by atoms with Crippen LogP contribution in [0, 0.1) is 23.7 Å². The molecule has 0 amide bonds. The highest BCUT2D eigenvalue weighted by molar-refractivity contribution is 5.14. The van der Waals surface area contributed by atoms with Gasteiger partial charge in [-0.05, 0) is 31.1 Å². The summed E-state index contributed by atoms with van der Waals surface area (Å²) in [6.45, 7) is 6.71. The van der Waals surface area contributed by atoms with Gasteiger partial charge in [0, 0.05) is 11.8 Å². The van der Waals surface area contributed by atoms with Crippen LogP contribution in [0.25, 0.3) is 0 Å². The summed E-state index contributed by atoms with van der Waals surface area (Å²) in [7, 11) is 2.54. The van der Waals surface area contributed by atoms with E-state index < -0.39 is 0 Å². The number of allylic oxidation sites excluding steroid dienone is 2. The summed E-state index contributed by atoms with van der Waals surface area (Å²) in [6.07, 6.45) is 18.2. The third-order valence-corrected chi connectivity index (χ3v) is 6.65. The minimum atomic E-state index is 0.957. The van der Waals surface area contributed by atoms with E-state index in [0.717, 1.165) is 23.7 Å². The van der Waals surface area contributed by atoms with Gasteiger partial charge in [-0.1, -0.05) is 57.6 Å². The average Bonchev–Trinajstić information content (AvgIpc) is 3.13. The lowest BCUT2D eigenvalue weighted by atomic mass is 9.86. The molecule has 1 saturated carbocycles. The van der Waals surface area contributed by atoms with Gasteiger partial charge >= 0.3 is 0 Å². The molecule has 0 spiro atoms. The van der Waals surface area contributed by atoms with Crippen molar-refractivity contribution >= 4 is 0 Å². The number of rotatable bonds is 9. The largest absolute Gasteiger partial charge is 0.326 e. The van der Waals surface area contributed by atoms with Crippen LogP contribution in [0.4, 0.5) is 0 Å². The van der Waals surface area contributed by atoms with Gasteiger partial charge in [0.1, 0.15) is 0 Å². The van der Waals surface area contributed by atoms with Crippen molar-refractivity contribution in [2.45, 2.75) is 64.7 Å². The predicted molar refractivity (Wildman–Crippen MR) is 91.1 cm³/mol. The summed E-state index contributed by atoms with van der Waals surface area (Å²) in [5.74, 6) is 4.00. The zero-order valence-corrected chi connectivity index (χ0v) is 14.4. The summed E-state index contributed by atoms with van der Waals surface area (Å²) >= 11 is 0. The smallest absolute Gasteiger partial charge is 0.0824 e. The second kappa shape index (κ2) is 6.86. The maximum atomic E-state index is 2.54. The first-order chi connectivity index (χ1) is 10.2. The molecule has 2 fully saturated rings. The quantitative estimate of drug-likeness (QED) is 0.317. The predicted octanol–water partition coefficient (Wildman–Crippen LogP) is 5.03. The van der Waals surface area contributed by atoms with Crippen LogP contribution in [0.3, 0.4) is 0 Å². The lowest BCUT2D eigenvalue weighted by Gasteiger charge is -2.31. The minimum Gasteiger partial charge on any atom is -0.326 e. The van der Waals surface area contributed by atoms with E-state index in [1.54, 1.807) is 0 Å². The molecule has 1 aliphatic heterocycles. The first kappa shape index (κ1) is 15.6. The Balaban J connectivity index is 1.30. The Morgan fingerprint density at radius 3 is 1.90 bits per heavy atom. The molecule has 2 aliphatic carbocycles. The Morgan fingerprint density at radius 2 is 1.33 bits per heavy atom. The van der Waals surface area contributed by atoms with Crippen molar-refractivity contribution in [3.8, 4) is 0 Å². The van der Waals surface area contributed by atoms with Crippen molar-refractivity contribution in [3.63, 3.8) is 0 Å². The van der Waals surface area contributed by atoms with Crippen LogP contribution in [-0.2, 0) is 0 Å². The minimum absolute atomic E-state index is 0.957. The van der Waals surface area contributed by atoms with Crippen molar-refractivity contribution in [3.05, 3.63) is 12.2 Å². The Kier molecular flexibility index (Phi) is 5.09. The number of likely N-dealkylation sites (tertiary alicyclic amines) is 1. The molecule has 1 saturated heterocycles. The number of hydrogen-bond acceptors (Lipinski definition) is 0. The maximum Gasteiger partial charge on any atom is 0.0824 e. The topological polar surface area (TPSA) is 0 Å². The summed E-state index contributed by atoms with van der Waals surface area (Å²) in [5.41, 5.74) is 0. The number of hydrogen-bond donors (Lipinski definition) is 0. The van der Waals surface area contributed by atoms with E-state index in [9.17, 15) is 0 Å². The van der Waals surface area contributed by atoms with E-state index in [4.69, 9.17) is 0 Å². The molecule has 4 atom stereocenters. The van der Waals surface area contributed by atoms with Crippen LogP contribution < -0.4 is 0 Å². The van der Waals surface area contributed by atoms with Crippen LogP contribution in [-0.4, -0.2) is 31.2 Å². The average molecular weight is 291 g/mol. The van der Waals surface area contributed by atoms with E-state index in [0.29, 0.717) is 0 Å².